The van der Waals surface area contributed by atoms with E-state index in [2.05, 4.69) is 12.0 Å². The molecule has 0 radical (unpaired) electrons. The second kappa shape index (κ2) is 5.80. The molecule has 0 saturated heterocycles. The monoisotopic (exact) mass is 258 g/mol. The molecule has 0 amide bonds. The van der Waals surface area contributed by atoms with Crippen molar-refractivity contribution in [2.24, 2.45) is 0 Å². The number of aliphatic hydroxyl groups excluding tert-OH is 1. The first kappa shape index (κ1) is 13.5. The standard InChI is InChI=1S/C15H18N2O2/c1-3-12-5-7-13(8-6-12)14(18)10-17-15(19)9-4-11(2)16-17/h4-9,14,18H,3,10H2,1-2H3. The summed E-state index contributed by atoms with van der Waals surface area (Å²) < 4.78 is 1.30. The number of nitrogens with zero attached hydrogens (tertiary/aromatic N) is 2. The molecule has 0 aliphatic rings. The molecule has 0 spiro atoms. The molecule has 0 saturated carbocycles. The van der Waals surface area contributed by atoms with Gasteiger partial charge in [0.25, 0.3) is 5.56 Å². The average Bonchev–Trinajstić information content (AvgIpc) is 2.43. The lowest BCUT2D eigenvalue weighted by Gasteiger charge is -2.12. The fourth-order valence-electron chi connectivity index (χ4n) is 1.93. The highest BCUT2D eigenvalue weighted by molar-refractivity contribution is 5.24. The summed E-state index contributed by atoms with van der Waals surface area (Å²) in [7, 11) is 0. The summed E-state index contributed by atoms with van der Waals surface area (Å²) in [5.41, 5.74) is 2.58. The van der Waals surface area contributed by atoms with Gasteiger partial charge in [-0.2, -0.15) is 5.10 Å². The lowest BCUT2D eigenvalue weighted by atomic mass is 10.1. The van der Waals surface area contributed by atoms with E-state index in [-0.39, 0.29) is 12.1 Å². The maximum Gasteiger partial charge on any atom is 0.266 e. The molecule has 4 nitrogen and oxygen atoms in total. The van der Waals surface area contributed by atoms with E-state index in [1.54, 1.807) is 6.07 Å². The number of aromatic nitrogens is 2. The molecule has 1 unspecified atom stereocenters. The quantitative estimate of drug-likeness (QED) is 0.910. The lowest BCUT2D eigenvalue weighted by Crippen LogP contribution is -2.25. The topological polar surface area (TPSA) is 55.1 Å². The predicted octanol–water partition coefficient (Wildman–Crippen LogP) is 1.85. The first-order valence-electron chi connectivity index (χ1n) is 6.42. The van der Waals surface area contributed by atoms with Crippen LogP contribution < -0.4 is 5.56 Å². The van der Waals surface area contributed by atoms with Crippen LogP contribution >= 0.6 is 0 Å². The molecule has 0 aliphatic carbocycles. The second-order valence-electron chi connectivity index (χ2n) is 4.61. The maximum absolute atomic E-state index is 11.6. The van der Waals surface area contributed by atoms with Crippen LogP contribution in [0, 0.1) is 6.92 Å². The summed E-state index contributed by atoms with van der Waals surface area (Å²) >= 11 is 0. The Morgan fingerprint density at radius 3 is 2.53 bits per heavy atom. The van der Waals surface area contributed by atoms with Crippen LogP contribution in [0.25, 0.3) is 0 Å². The van der Waals surface area contributed by atoms with E-state index in [1.807, 2.05) is 31.2 Å². The fraction of sp³-hybridized carbons (Fsp3) is 0.333. The molecule has 1 aromatic carbocycles. The van der Waals surface area contributed by atoms with Crippen molar-refractivity contribution in [3.63, 3.8) is 0 Å². The highest BCUT2D eigenvalue weighted by atomic mass is 16.3. The van der Waals surface area contributed by atoms with Crippen LogP contribution in [-0.2, 0) is 13.0 Å². The van der Waals surface area contributed by atoms with E-state index in [0.717, 1.165) is 17.7 Å². The predicted molar refractivity (Wildman–Crippen MR) is 74.0 cm³/mol. The van der Waals surface area contributed by atoms with E-state index in [1.165, 1.54) is 16.3 Å². The van der Waals surface area contributed by atoms with E-state index in [4.69, 9.17) is 0 Å². The van der Waals surface area contributed by atoms with Gasteiger partial charge in [-0.25, -0.2) is 4.68 Å². The summed E-state index contributed by atoms with van der Waals surface area (Å²) in [6, 6.07) is 10.9. The Balaban J connectivity index is 2.17. The first-order chi connectivity index (χ1) is 9.10. The molecular weight excluding hydrogens is 240 g/mol. The van der Waals surface area contributed by atoms with Crippen LogP contribution in [0.5, 0.6) is 0 Å². The van der Waals surface area contributed by atoms with Crippen molar-refractivity contribution in [3.05, 3.63) is 63.6 Å². The third-order valence-electron chi connectivity index (χ3n) is 3.12. The van der Waals surface area contributed by atoms with Gasteiger partial charge in [-0.15, -0.1) is 0 Å². The smallest absolute Gasteiger partial charge is 0.266 e. The van der Waals surface area contributed by atoms with Gasteiger partial charge in [0.1, 0.15) is 0 Å². The number of benzene rings is 1. The van der Waals surface area contributed by atoms with Crippen LogP contribution in [0.15, 0.2) is 41.2 Å². The Bertz CT molecular complexity index is 602. The van der Waals surface area contributed by atoms with Gasteiger partial charge in [0.05, 0.1) is 18.3 Å². The number of hydrogen-bond donors (Lipinski definition) is 1. The molecule has 1 heterocycles. The minimum absolute atomic E-state index is 0.173. The number of hydrogen-bond acceptors (Lipinski definition) is 3. The third-order valence-corrected chi connectivity index (χ3v) is 3.12. The summed E-state index contributed by atoms with van der Waals surface area (Å²) in [5, 5.41) is 14.3. The van der Waals surface area contributed by atoms with Crippen LogP contribution in [0.2, 0.25) is 0 Å². The molecule has 2 aromatic rings. The molecule has 2 rings (SSSR count). The summed E-state index contributed by atoms with van der Waals surface area (Å²) in [5.74, 6) is 0. The van der Waals surface area contributed by atoms with Gasteiger partial charge in [0.15, 0.2) is 0 Å². The van der Waals surface area contributed by atoms with Crippen molar-refractivity contribution in [1.82, 2.24) is 9.78 Å². The van der Waals surface area contributed by atoms with E-state index < -0.39 is 6.10 Å². The minimum atomic E-state index is -0.724. The lowest BCUT2D eigenvalue weighted by molar-refractivity contribution is 0.149. The molecule has 4 heteroatoms. The molecule has 19 heavy (non-hydrogen) atoms. The van der Waals surface area contributed by atoms with Gasteiger partial charge in [0, 0.05) is 6.07 Å². The van der Waals surface area contributed by atoms with Crippen molar-refractivity contribution in [3.8, 4) is 0 Å². The Morgan fingerprint density at radius 2 is 1.89 bits per heavy atom. The largest absolute Gasteiger partial charge is 0.386 e. The van der Waals surface area contributed by atoms with Crippen molar-refractivity contribution in [2.45, 2.75) is 32.9 Å². The summed E-state index contributed by atoms with van der Waals surface area (Å²) in [6.45, 7) is 4.08. The molecular formula is C15H18N2O2. The summed E-state index contributed by atoms with van der Waals surface area (Å²) in [6.07, 6.45) is 0.243. The number of aryl methyl sites for hydroxylation is 2. The van der Waals surface area contributed by atoms with Gasteiger partial charge in [-0.1, -0.05) is 31.2 Å². The van der Waals surface area contributed by atoms with Gasteiger partial charge in [-0.3, -0.25) is 4.79 Å². The van der Waals surface area contributed by atoms with Crippen LogP contribution in [0.4, 0.5) is 0 Å². The van der Waals surface area contributed by atoms with Gasteiger partial charge < -0.3 is 5.11 Å². The van der Waals surface area contributed by atoms with Gasteiger partial charge in [0.2, 0.25) is 0 Å². The highest BCUT2D eigenvalue weighted by Gasteiger charge is 2.10. The zero-order valence-corrected chi connectivity index (χ0v) is 11.2. The Labute approximate surface area is 112 Å². The first-order valence-corrected chi connectivity index (χ1v) is 6.42. The van der Waals surface area contributed by atoms with Crippen LogP contribution in [0.3, 0.4) is 0 Å². The highest BCUT2D eigenvalue weighted by Crippen LogP contribution is 2.15. The summed E-state index contributed by atoms with van der Waals surface area (Å²) in [4.78, 5) is 11.6. The minimum Gasteiger partial charge on any atom is -0.386 e. The third kappa shape index (κ3) is 3.29. The van der Waals surface area contributed by atoms with Crippen molar-refractivity contribution < 1.29 is 5.11 Å². The number of rotatable bonds is 4. The zero-order valence-electron chi connectivity index (χ0n) is 11.2. The second-order valence-corrected chi connectivity index (χ2v) is 4.61. The van der Waals surface area contributed by atoms with Gasteiger partial charge >= 0.3 is 0 Å². The van der Waals surface area contributed by atoms with Crippen LogP contribution in [-0.4, -0.2) is 14.9 Å². The van der Waals surface area contributed by atoms with Crippen molar-refractivity contribution >= 4 is 0 Å². The SMILES string of the molecule is CCc1ccc(C(O)Cn2nc(C)ccc2=O)cc1. The Kier molecular flexibility index (Phi) is 4.12. The Morgan fingerprint density at radius 1 is 1.21 bits per heavy atom. The van der Waals surface area contributed by atoms with E-state index in [0.29, 0.717) is 0 Å². The zero-order chi connectivity index (χ0) is 13.8. The Hall–Kier alpha value is -1.94. The average molecular weight is 258 g/mol. The molecule has 0 bridgehead atoms. The van der Waals surface area contributed by atoms with Crippen LogP contribution in [0.1, 0.15) is 29.8 Å². The van der Waals surface area contributed by atoms with Crippen molar-refractivity contribution in [1.29, 1.82) is 0 Å². The fourth-order valence-corrected chi connectivity index (χ4v) is 1.93. The molecule has 1 atom stereocenters. The molecule has 0 fully saturated rings. The van der Waals surface area contributed by atoms with Crippen molar-refractivity contribution in [2.75, 3.05) is 0 Å². The molecule has 1 aromatic heterocycles. The number of aliphatic hydroxyl groups is 1. The van der Waals surface area contributed by atoms with E-state index in [9.17, 15) is 9.90 Å². The molecule has 0 aliphatic heterocycles. The molecule has 1 N–H and O–H groups in total. The van der Waals surface area contributed by atoms with E-state index >= 15 is 0 Å². The maximum atomic E-state index is 11.6. The molecule has 100 valence electrons. The normalized spacial score (nSPS) is 12.4. The van der Waals surface area contributed by atoms with Gasteiger partial charge in [-0.05, 0) is 30.5 Å².